The second-order valence-corrected chi connectivity index (χ2v) is 5.21. The van der Waals surface area contributed by atoms with E-state index in [1.807, 2.05) is 25.4 Å². The molecule has 0 bridgehead atoms. The molecule has 2 aromatic rings. The summed E-state index contributed by atoms with van der Waals surface area (Å²) in [6, 6.07) is 3.94. The lowest BCUT2D eigenvalue weighted by molar-refractivity contribution is 0.483. The molecule has 0 aliphatic heterocycles. The molecule has 0 amide bonds. The van der Waals surface area contributed by atoms with Gasteiger partial charge in [0, 0.05) is 36.0 Å². The van der Waals surface area contributed by atoms with Gasteiger partial charge in [-0.2, -0.15) is 5.10 Å². The number of hydrogen-bond donors (Lipinski definition) is 1. The maximum absolute atomic E-state index is 6.16. The lowest BCUT2D eigenvalue weighted by Crippen LogP contribution is -2.17. The summed E-state index contributed by atoms with van der Waals surface area (Å²) in [5, 5.41) is 4.59. The fraction of sp³-hybridized carbons (Fsp3) is 0.429. The van der Waals surface area contributed by atoms with Crippen molar-refractivity contribution in [2.75, 3.05) is 5.73 Å². The molecule has 0 spiro atoms. The highest BCUT2D eigenvalue weighted by molar-refractivity contribution is 5.77. The molecule has 0 saturated heterocycles. The van der Waals surface area contributed by atoms with Crippen LogP contribution in [0.5, 0.6) is 0 Å². The summed E-state index contributed by atoms with van der Waals surface area (Å²) in [4.78, 5) is 4.17. The van der Waals surface area contributed by atoms with Crippen LogP contribution in [0, 0.1) is 0 Å². The minimum absolute atomic E-state index is 0.000550. The molecule has 2 heterocycles. The SMILES string of the molecule is CCC(C)(C)c1nn(C)c(N)c1-c1cccnc1. The molecule has 2 N–H and O–H groups in total. The van der Waals surface area contributed by atoms with Crippen molar-refractivity contribution in [1.82, 2.24) is 14.8 Å². The van der Waals surface area contributed by atoms with E-state index in [4.69, 9.17) is 5.73 Å². The van der Waals surface area contributed by atoms with Gasteiger partial charge in [-0.25, -0.2) is 0 Å². The molecule has 0 atom stereocenters. The number of nitrogens with zero attached hydrogens (tertiary/aromatic N) is 3. The first-order valence-electron chi connectivity index (χ1n) is 6.20. The fourth-order valence-electron chi connectivity index (χ4n) is 1.97. The zero-order valence-corrected chi connectivity index (χ0v) is 11.4. The van der Waals surface area contributed by atoms with Crippen molar-refractivity contribution in [3.8, 4) is 11.1 Å². The molecule has 0 radical (unpaired) electrons. The molecule has 0 unspecified atom stereocenters. The van der Waals surface area contributed by atoms with Crippen LogP contribution in [-0.2, 0) is 12.5 Å². The van der Waals surface area contributed by atoms with Gasteiger partial charge in [-0.1, -0.05) is 26.8 Å². The largest absolute Gasteiger partial charge is 0.383 e. The molecule has 0 aliphatic rings. The Kier molecular flexibility index (Phi) is 3.11. The number of nitrogens with two attached hydrogens (primary N) is 1. The maximum atomic E-state index is 6.16. The molecule has 4 heteroatoms. The Morgan fingerprint density at radius 3 is 2.67 bits per heavy atom. The van der Waals surface area contributed by atoms with E-state index in [1.165, 1.54) is 0 Å². The van der Waals surface area contributed by atoms with Crippen molar-refractivity contribution >= 4 is 5.82 Å². The van der Waals surface area contributed by atoms with Gasteiger partial charge < -0.3 is 5.73 Å². The van der Waals surface area contributed by atoms with Crippen LogP contribution in [0.25, 0.3) is 11.1 Å². The summed E-state index contributed by atoms with van der Waals surface area (Å²) in [6.07, 6.45) is 4.61. The third-order valence-electron chi connectivity index (χ3n) is 3.57. The summed E-state index contributed by atoms with van der Waals surface area (Å²) in [7, 11) is 1.88. The second kappa shape index (κ2) is 4.44. The summed E-state index contributed by atoms with van der Waals surface area (Å²) in [5.74, 6) is 0.694. The van der Waals surface area contributed by atoms with Crippen LogP contribution < -0.4 is 5.73 Å². The Bertz CT molecular complexity index is 540. The number of hydrogen-bond acceptors (Lipinski definition) is 3. The van der Waals surface area contributed by atoms with E-state index in [0.29, 0.717) is 5.82 Å². The van der Waals surface area contributed by atoms with Gasteiger partial charge in [0.25, 0.3) is 0 Å². The van der Waals surface area contributed by atoms with Crippen LogP contribution in [-0.4, -0.2) is 14.8 Å². The zero-order chi connectivity index (χ0) is 13.3. The standard InChI is InChI=1S/C14H20N4/c1-5-14(2,3)12-11(13(15)18(4)17-12)10-7-6-8-16-9-10/h6-9H,5,15H2,1-4H3. The molecule has 0 saturated carbocycles. The van der Waals surface area contributed by atoms with E-state index < -0.39 is 0 Å². The minimum atomic E-state index is 0.000550. The highest BCUT2D eigenvalue weighted by Crippen LogP contribution is 2.37. The summed E-state index contributed by atoms with van der Waals surface area (Å²) >= 11 is 0. The van der Waals surface area contributed by atoms with Gasteiger partial charge in [0.15, 0.2) is 0 Å². The van der Waals surface area contributed by atoms with Gasteiger partial charge >= 0.3 is 0 Å². The molecular formula is C14H20N4. The van der Waals surface area contributed by atoms with Crippen molar-refractivity contribution < 1.29 is 0 Å². The Morgan fingerprint density at radius 1 is 1.39 bits per heavy atom. The van der Waals surface area contributed by atoms with Gasteiger partial charge in [0.05, 0.1) is 5.69 Å². The third-order valence-corrected chi connectivity index (χ3v) is 3.57. The molecule has 18 heavy (non-hydrogen) atoms. The van der Waals surface area contributed by atoms with Gasteiger partial charge in [0.1, 0.15) is 5.82 Å². The fourth-order valence-corrected chi connectivity index (χ4v) is 1.97. The average Bonchev–Trinajstić information content (AvgIpc) is 2.68. The van der Waals surface area contributed by atoms with Crippen molar-refractivity contribution in [1.29, 1.82) is 0 Å². The van der Waals surface area contributed by atoms with Crippen LogP contribution in [0.15, 0.2) is 24.5 Å². The van der Waals surface area contributed by atoms with Gasteiger partial charge in [0.2, 0.25) is 0 Å². The first-order valence-corrected chi connectivity index (χ1v) is 6.20. The molecular weight excluding hydrogens is 224 g/mol. The second-order valence-electron chi connectivity index (χ2n) is 5.21. The maximum Gasteiger partial charge on any atom is 0.129 e. The van der Waals surface area contributed by atoms with Gasteiger partial charge in [-0.05, 0) is 12.5 Å². The summed E-state index contributed by atoms with van der Waals surface area (Å²) in [6.45, 7) is 6.54. The third kappa shape index (κ3) is 1.98. The van der Waals surface area contributed by atoms with Gasteiger partial charge in [-0.15, -0.1) is 0 Å². The van der Waals surface area contributed by atoms with Crippen molar-refractivity contribution in [2.45, 2.75) is 32.6 Å². The van der Waals surface area contributed by atoms with Crippen molar-refractivity contribution in [3.63, 3.8) is 0 Å². The molecule has 2 rings (SSSR count). The van der Waals surface area contributed by atoms with E-state index >= 15 is 0 Å². The lowest BCUT2D eigenvalue weighted by atomic mass is 9.83. The molecule has 0 fully saturated rings. The van der Waals surface area contributed by atoms with Crippen LogP contribution in [0.2, 0.25) is 0 Å². The summed E-state index contributed by atoms with van der Waals surface area (Å²) in [5.41, 5.74) is 9.24. The van der Waals surface area contributed by atoms with E-state index in [1.54, 1.807) is 10.9 Å². The zero-order valence-electron chi connectivity index (χ0n) is 11.4. The lowest BCUT2D eigenvalue weighted by Gasteiger charge is -2.21. The minimum Gasteiger partial charge on any atom is -0.383 e. The van der Waals surface area contributed by atoms with E-state index in [9.17, 15) is 0 Å². The highest BCUT2D eigenvalue weighted by Gasteiger charge is 2.28. The van der Waals surface area contributed by atoms with E-state index in [0.717, 1.165) is 23.2 Å². The quantitative estimate of drug-likeness (QED) is 0.903. The number of anilines is 1. The normalized spacial score (nSPS) is 11.8. The predicted octanol–water partition coefficient (Wildman–Crippen LogP) is 2.75. The number of rotatable bonds is 3. The number of nitrogen functional groups attached to an aromatic ring is 1. The highest BCUT2D eigenvalue weighted by atomic mass is 15.3. The van der Waals surface area contributed by atoms with Crippen LogP contribution in [0.1, 0.15) is 32.9 Å². The first-order chi connectivity index (χ1) is 8.47. The van der Waals surface area contributed by atoms with Crippen LogP contribution in [0.4, 0.5) is 5.82 Å². The summed E-state index contributed by atoms with van der Waals surface area (Å²) < 4.78 is 1.75. The Balaban J connectivity index is 2.67. The molecule has 0 aromatic carbocycles. The monoisotopic (exact) mass is 244 g/mol. The first kappa shape index (κ1) is 12.6. The van der Waals surface area contributed by atoms with Crippen molar-refractivity contribution in [2.24, 2.45) is 7.05 Å². The smallest absolute Gasteiger partial charge is 0.129 e. The Labute approximate surface area is 108 Å². The Morgan fingerprint density at radius 2 is 2.11 bits per heavy atom. The molecule has 2 aromatic heterocycles. The topological polar surface area (TPSA) is 56.7 Å². The van der Waals surface area contributed by atoms with Crippen molar-refractivity contribution in [3.05, 3.63) is 30.2 Å². The van der Waals surface area contributed by atoms with Gasteiger partial charge in [-0.3, -0.25) is 9.67 Å². The average molecular weight is 244 g/mol. The Hall–Kier alpha value is -1.84. The number of pyridine rings is 1. The van der Waals surface area contributed by atoms with E-state index in [-0.39, 0.29) is 5.41 Å². The number of aryl methyl sites for hydroxylation is 1. The van der Waals surface area contributed by atoms with E-state index in [2.05, 4.69) is 30.9 Å². The predicted molar refractivity (Wildman–Crippen MR) is 74.2 cm³/mol. The molecule has 4 nitrogen and oxygen atoms in total. The number of aromatic nitrogens is 3. The van der Waals surface area contributed by atoms with Crippen LogP contribution >= 0.6 is 0 Å². The van der Waals surface area contributed by atoms with Crippen LogP contribution in [0.3, 0.4) is 0 Å². The molecule has 96 valence electrons. The molecule has 0 aliphatic carbocycles.